The number of hydrogen-bond donors (Lipinski definition) is 1. The molecule has 76 valence electrons. The first-order valence-electron chi connectivity index (χ1n) is 4.77. The molecule has 0 saturated heterocycles. The second-order valence-corrected chi connectivity index (χ2v) is 3.40. The standard InChI is InChI=1S/C11H14O3/c1-13-10-4-2-3-9-8(5-6-12)7-14-11(9)10/h2-4,8,12H,5-7H2,1H3/t8-/m0/s1. The van der Waals surface area contributed by atoms with Gasteiger partial charge in [-0.15, -0.1) is 0 Å². The third-order valence-electron chi connectivity index (χ3n) is 2.58. The van der Waals surface area contributed by atoms with Crippen LogP contribution in [0.25, 0.3) is 0 Å². The summed E-state index contributed by atoms with van der Waals surface area (Å²) < 4.78 is 10.7. The van der Waals surface area contributed by atoms with E-state index in [4.69, 9.17) is 14.6 Å². The molecule has 1 heterocycles. The maximum Gasteiger partial charge on any atom is 0.164 e. The molecule has 2 rings (SSSR count). The van der Waals surface area contributed by atoms with Crippen LogP contribution in [0.5, 0.6) is 11.5 Å². The molecule has 3 heteroatoms. The van der Waals surface area contributed by atoms with Gasteiger partial charge in [-0.05, 0) is 12.5 Å². The van der Waals surface area contributed by atoms with Crippen molar-refractivity contribution in [2.75, 3.05) is 20.3 Å². The van der Waals surface area contributed by atoms with Gasteiger partial charge < -0.3 is 14.6 Å². The predicted molar refractivity (Wildman–Crippen MR) is 52.9 cm³/mol. The maximum atomic E-state index is 8.89. The van der Waals surface area contributed by atoms with Gasteiger partial charge in [0.05, 0.1) is 13.7 Å². The first kappa shape index (κ1) is 9.34. The van der Waals surface area contributed by atoms with Crippen LogP contribution < -0.4 is 9.47 Å². The Labute approximate surface area is 83.3 Å². The van der Waals surface area contributed by atoms with Gasteiger partial charge in [0.15, 0.2) is 11.5 Å². The molecule has 0 spiro atoms. The second kappa shape index (κ2) is 3.88. The van der Waals surface area contributed by atoms with Crippen molar-refractivity contribution in [3.63, 3.8) is 0 Å². The van der Waals surface area contributed by atoms with Gasteiger partial charge in [-0.1, -0.05) is 12.1 Å². The van der Waals surface area contributed by atoms with E-state index in [9.17, 15) is 0 Å². The van der Waals surface area contributed by atoms with E-state index in [1.165, 1.54) is 0 Å². The molecule has 0 aliphatic carbocycles. The minimum atomic E-state index is 0.199. The van der Waals surface area contributed by atoms with E-state index in [2.05, 4.69) is 0 Å². The fourth-order valence-electron chi connectivity index (χ4n) is 1.84. The number of fused-ring (bicyclic) bond motifs is 1. The zero-order chi connectivity index (χ0) is 9.97. The molecular formula is C11H14O3. The normalized spacial score (nSPS) is 18.9. The largest absolute Gasteiger partial charge is 0.493 e. The summed E-state index contributed by atoms with van der Waals surface area (Å²) in [5, 5.41) is 8.89. The topological polar surface area (TPSA) is 38.7 Å². The van der Waals surface area contributed by atoms with Crippen LogP contribution in [-0.4, -0.2) is 25.4 Å². The number of rotatable bonds is 3. The Kier molecular flexibility index (Phi) is 2.59. The summed E-state index contributed by atoms with van der Waals surface area (Å²) >= 11 is 0. The molecule has 3 nitrogen and oxygen atoms in total. The van der Waals surface area contributed by atoms with Gasteiger partial charge in [0.1, 0.15) is 0 Å². The fourth-order valence-corrected chi connectivity index (χ4v) is 1.84. The van der Waals surface area contributed by atoms with Crippen molar-refractivity contribution in [2.45, 2.75) is 12.3 Å². The lowest BCUT2D eigenvalue weighted by Gasteiger charge is -2.07. The first-order chi connectivity index (χ1) is 6.86. The van der Waals surface area contributed by atoms with Crippen molar-refractivity contribution in [2.24, 2.45) is 0 Å². The molecule has 1 aromatic rings. The molecule has 0 aromatic heterocycles. The summed E-state index contributed by atoms with van der Waals surface area (Å²) in [5.74, 6) is 1.93. The molecule has 1 aromatic carbocycles. The third kappa shape index (κ3) is 1.44. The second-order valence-electron chi connectivity index (χ2n) is 3.40. The highest BCUT2D eigenvalue weighted by molar-refractivity contribution is 5.50. The number of aliphatic hydroxyl groups is 1. The number of methoxy groups -OCH3 is 1. The van der Waals surface area contributed by atoms with Crippen molar-refractivity contribution in [1.82, 2.24) is 0 Å². The Morgan fingerprint density at radius 1 is 1.57 bits per heavy atom. The third-order valence-corrected chi connectivity index (χ3v) is 2.58. The molecule has 14 heavy (non-hydrogen) atoms. The van der Waals surface area contributed by atoms with E-state index in [1.54, 1.807) is 7.11 Å². The van der Waals surface area contributed by atoms with E-state index in [0.717, 1.165) is 23.5 Å². The van der Waals surface area contributed by atoms with E-state index < -0.39 is 0 Å². The van der Waals surface area contributed by atoms with Gasteiger partial charge in [0.25, 0.3) is 0 Å². The van der Waals surface area contributed by atoms with Gasteiger partial charge in [-0.3, -0.25) is 0 Å². The van der Waals surface area contributed by atoms with Gasteiger partial charge in [-0.25, -0.2) is 0 Å². The van der Waals surface area contributed by atoms with Crippen molar-refractivity contribution >= 4 is 0 Å². The van der Waals surface area contributed by atoms with Gasteiger partial charge in [-0.2, -0.15) is 0 Å². The highest BCUT2D eigenvalue weighted by Gasteiger charge is 2.26. The molecule has 0 amide bonds. The molecule has 1 aliphatic heterocycles. The van der Waals surface area contributed by atoms with Gasteiger partial charge in [0, 0.05) is 18.1 Å². The number of benzene rings is 1. The summed E-state index contributed by atoms with van der Waals surface area (Å²) in [6.07, 6.45) is 0.750. The van der Waals surface area contributed by atoms with Crippen LogP contribution in [0.2, 0.25) is 0 Å². The Hall–Kier alpha value is -1.22. The van der Waals surface area contributed by atoms with E-state index in [0.29, 0.717) is 12.5 Å². The minimum absolute atomic E-state index is 0.199. The Balaban J connectivity index is 2.31. The summed E-state index contributed by atoms with van der Waals surface area (Å²) in [7, 11) is 1.64. The average Bonchev–Trinajstić information content (AvgIpc) is 2.62. The van der Waals surface area contributed by atoms with Gasteiger partial charge in [0.2, 0.25) is 0 Å². The SMILES string of the molecule is COc1cccc2c1OC[C@@H]2CCO. The van der Waals surface area contributed by atoms with Crippen molar-refractivity contribution in [1.29, 1.82) is 0 Å². The van der Waals surface area contributed by atoms with Crippen LogP contribution in [0.3, 0.4) is 0 Å². The van der Waals surface area contributed by atoms with Crippen LogP contribution in [0, 0.1) is 0 Å². The van der Waals surface area contributed by atoms with Crippen LogP contribution in [0.1, 0.15) is 17.9 Å². The van der Waals surface area contributed by atoms with Crippen LogP contribution in [-0.2, 0) is 0 Å². The smallest absolute Gasteiger partial charge is 0.164 e. The lowest BCUT2D eigenvalue weighted by Crippen LogP contribution is -2.02. The number of para-hydroxylation sites is 1. The highest BCUT2D eigenvalue weighted by atomic mass is 16.5. The zero-order valence-corrected chi connectivity index (χ0v) is 8.19. The summed E-state index contributed by atoms with van der Waals surface area (Å²) in [6, 6.07) is 5.88. The van der Waals surface area contributed by atoms with E-state index >= 15 is 0 Å². The Morgan fingerprint density at radius 2 is 2.43 bits per heavy atom. The van der Waals surface area contributed by atoms with Crippen LogP contribution in [0.4, 0.5) is 0 Å². The average molecular weight is 194 g/mol. The number of ether oxygens (including phenoxy) is 2. The quantitative estimate of drug-likeness (QED) is 0.793. The van der Waals surface area contributed by atoms with Crippen molar-refractivity contribution in [3.8, 4) is 11.5 Å². The molecule has 0 saturated carbocycles. The number of hydrogen-bond acceptors (Lipinski definition) is 3. The van der Waals surface area contributed by atoms with Crippen LogP contribution >= 0.6 is 0 Å². The highest BCUT2D eigenvalue weighted by Crippen LogP contribution is 2.41. The molecule has 1 atom stereocenters. The lowest BCUT2D eigenvalue weighted by atomic mass is 9.98. The molecule has 1 aliphatic rings. The summed E-state index contributed by atoms with van der Waals surface area (Å²) in [4.78, 5) is 0. The van der Waals surface area contributed by atoms with E-state index in [-0.39, 0.29) is 6.61 Å². The molecular weight excluding hydrogens is 180 g/mol. The first-order valence-corrected chi connectivity index (χ1v) is 4.77. The van der Waals surface area contributed by atoms with E-state index in [1.807, 2.05) is 18.2 Å². The predicted octanol–water partition coefficient (Wildman–Crippen LogP) is 1.55. The van der Waals surface area contributed by atoms with Crippen LogP contribution in [0.15, 0.2) is 18.2 Å². The molecule has 0 fully saturated rings. The Morgan fingerprint density at radius 3 is 3.14 bits per heavy atom. The van der Waals surface area contributed by atoms with Crippen molar-refractivity contribution in [3.05, 3.63) is 23.8 Å². The number of aliphatic hydroxyl groups excluding tert-OH is 1. The lowest BCUT2D eigenvalue weighted by molar-refractivity contribution is 0.252. The fraction of sp³-hybridized carbons (Fsp3) is 0.455. The molecule has 0 unspecified atom stereocenters. The zero-order valence-electron chi connectivity index (χ0n) is 8.19. The maximum absolute atomic E-state index is 8.89. The van der Waals surface area contributed by atoms with Crippen molar-refractivity contribution < 1.29 is 14.6 Å². The summed E-state index contributed by atoms with van der Waals surface area (Å²) in [6.45, 7) is 0.848. The molecule has 0 bridgehead atoms. The summed E-state index contributed by atoms with van der Waals surface area (Å²) in [5.41, 5.74) is 1.15. The molecule has 1 N–H and O–H groups in total. The monoisotopic (exact) mass is 194 g/mol. The Bertz CT molecular complexity index is 322. The molecule has 0 radical (unpaired) electrons. The minimum Gasteiger partial charge on any atom is -0.493 e. The van der Waals surface area contributed by atoms with Gasteiger partial charge >= 0.3 is 0 Å².